The summed E-state index contributed by atoms with van der Waals surface area (Å²) < 4.78 is 5.02. The molecule has 1 heterocycles. The van der Waals surface area contributed by atoms with Gasteiger partial charge in [-0.25, -0.2) is 4.99 Å². The predicted molar refractivity (Wildman–Crippen MR) is 150 cm³/mol. The van der Waals surface area contributed by atoms with Crippen LogP contribution < -0.4 is 0 Å². The van der Waals surface area contributed by atoms with Crippen molar-refractivity contribution < 1.29 is 19.1 Å². The zero-order valence-corrected chi connectivity index (χ0v) is 23.0. The van der Waals surface area contributed by atoms with E-state index in [0.717, 1.165) is 48.2 Å². The number of amides is 2. The van der Waals surface area contributed by atoms with Crippen LogP contribution in [0.25, 0.3) is 0 Å². The van der Waals surface area contributed by atoms with Gasteiger partial charge in [-0.2, -0.15) is 0 Å². The van der Waals surface area contributed by atoms with Gasteiger partial charge in [-0.05, 0) is 37.8 Å². The number of carbonyl (C=O) groups is 3. The van der Waals surface area contributed by atoms with Crippen LogP contribution >= 0.6 is 0 Å². The molecule has 0 aromatic heterocycles. The number of allylic oxidation sites excluding steroid dienone is 5. The number of likely N-dealkylation sites (N-methyl/N-ethyl adjacent to an activating group) is 1. The summed E-state index contributed by atoms with van der Waals surface area (Å²) in [6, 6.07) is 9.86. The summed E-state index contributed by atoms with van der Waals surface area (Å²) in [5.74, 6) is -0.475. The van der Waals surface area contributed by atoms with Crippen LogP contribution in [-0.4, -0.2) is 59.7 Å². The molecule has 0 radical (unpaired) electrons. The molecule has 1 aliphatic heterocycles. The summed E-state index contributed by atoms with van der Waals surface area (Å²) in [4.78, 5) is 47.5. The third-order valence-corrected chi connectivity index (χ3v) is 6.85. The van der Waals surface area contributed by atoms with Gasteiger partial charge in [-0.1, -0.05) is 74.7 Å². The Morgan fingerprint density at radius 3 is 2.47 bits per heavy atom. The Balaban J connectivity index is 1.94. The van der Waals surface area contributed by atoms with Crippen LogP contribution in [0.15, 0.2) is 70.9 Å². The van der Waals surface area contributed by atoms with E-state index in [0.29, 0.717) is 45.3 Å². The summed E-state index contributed by atoms with van der Waals surface area (Å²) in [5.41, 5.74) is 3.54. The summed E-state index contributed by atoms with van der Waals surface area (Å²) in [5, 5.41) is 0. The van der Waals surface area contributed by atoms with Crippen molar-refractivity contribution in [1.29, 1.82) is 0 Å². The number of hydrogen-bond acceptors (Lipinski definition) is 5. The minimum Gasteiger partial charge on any atom is -0.466 e. The van der Waals surface area contributed by atoms with E-state index in [1.54, 1.807) is 23.8 Å². The Bertz CT molecular complexity index is 1090. The SMILES string of the molecule is CCCCCC(=O)N(CCCCCC(=O)OCC)C1/N=C(/c2ccccc2)C2=CC=CC=C(C2)N(C)C1=O. The van der Waals surface area contributed by atoms with Crippen molar-refractivity contribution in [3.8, 4) is 0 Å². The van der Waals surface area contributed by atoms with E-state index >= 15 is 0 Å². The Morgan fingerprint density at radius 1 is 1.00 bits per heavy atom. The fraction of sp³-hybridized carbons (Fsp3) is 0.484. The van der Waals surface area contributed by atoms with Crippen LogP contribution in [0.1, 0.15) is 77.2 Å². The summed E-state index contributed by atoms with van der Waals surface area (Å²) in [6.07, 6.45) is 13.1. The van der Waals surface area contributed by atoms with Crippen molar-refractivity contribution in [1.82, 2.24) is 9.80 Å². The molecular formula is C31H41N3O4. The maximum atomic E-state index is 13.9. The molecule has 7 nitrogen and oxygen atoms in total. The first-order chi connectivity index (χ1) is 18.5. The van der Waals surface area contributed by atoms with Crippen molar-refractivity contribution in [2.24, 2.45) is 4.99 Å². The number of unbranched alkanes of at least 4 members (excludes halogenated alkanes) is 4. The molecule has 1 unspecified atom stereocenters. The zero-order chi connectivity index (χ0) is 27.3. The third kappa shape index (κ3) is 8.01. The molecule has 0 saturated heterocycles. The Morgan fingerprint density at radius 2 is 1.74 bits per heavy atom. The largest absolute Gasteiger partial charge is 0.466 e. The second kappa shape index (κ2) is 15.1. The highest BCUT2D eigenvalue weighted by Crippen LogP contribution is 2.27. The second-order valence-electron chi connectivity index (χ2n) is 9.69. The second-order valence-corrected chi connectivity index (χ2v) is 9.69. The lowest BCUT2D eigenvalue weighted by Crippen LogP contribution is -2.50. The van der Waals surface area contributed by atoms with E-state index < -0.39 is 6.17 Å². The molecule has 1 aliphatic carbocycles. The van der Waals surface area contributed by atoms with Gasteiger partial charge in [0.05, 0.1) is 12.3 Å². The molecule has 7 heteroatoms. The minimum absolute atomic E-state index is 0.0589. The molecule has 0 N–H and O–H groups in total. The lowest BCUT2D eigenvalue weighted by Gasteiger charge is -2.35. The van der Waals surface area contributed by atoms with Gasteiger partial charge < -0.3 is 14.5 Å². The van der Waals surface area contributed by atoms with Crippen molar-refractivity contribution in [3.05, 3.63) is 71.5 Å². The monoisotopic (exact) mass is 519 g/mol. The fourth-order valence-corrected chi connectivity index (χ4v) is 4.69. The number of rotatable bonds is 13. The lowest BCUT2D eigenvalue weighted by atomic mass is 9.96. The van der Waals surface area contributed by atoms with Crippen LogP contribution in [0.2, 0.25) is 0 Å². The molecule has 1 aromatic rings. The zero-order valence-electron chi connectivity index (χ0n) is 23.0. The summed E-state index contributed by atoms with van der Waals surface area (Å²) >= 11 is 0. The molecular weight excluding hydrogens is 478 g/mol. The first kappa shape index (κ1) is 29.1. The van der Waals surface area contributed by atoms with Gasteiger partial charge in [0.25, 0.3) is 5.91 Å². The first-order valence-corrected chi connectivity index (χ1v) is 13.9. The van der Waals surface area contributed by atoms with Crippen LogP contribution in [0.5, 0.6) is 0 Å². The number of aliphatic imine (C=N–C) groups is 1. The van der Waals surface area contributed by atoms with Gasteiger partial charge in [0.1, 0.15) is 0 Å². The number of benzene rings is 1. The van der Waals surface area contributed by atoms with Crippen LogP contribution in [0.3, 0.4) is 0 Å². The molecule has 38 heavy (non-hydrogen) atoms. The highest BCUT2D eigenvalue weighted by Gasteiger charge is 2.35. The molecule has 2 aliphatic rings. The smallest absolute Gasteiger partial charge is 0.305 e. The Labute approximate surface area is 226 Å². The predicted octanol–water partition coefficient (Wildman–Crippen LogP) is 5.58. The van der Waals surface area contributed by atoms with E-state index in [4.69, 9.17) is 9.73 Å². The maximum Gasteiger partial charge on any atom is 0.305 e. The number of ether oxygens (including phenoxy) is 1. The standard InChI is InChI=1S/C31H41N3O4/c1-4-6-9-20-27(35)34(22-15-8-12-21-28(36)38-5-2)30-31(37)33(3)26-19-14-13-18-25(23-26)29(32-30)24-16-10-7-11-17-24/h7,10-11,13-14,16-19,30H,4-6,8-9,12,15,20-23H2,1-3H3/b32-29-. The van der Waals surface area contributed by atoms with E-state index in [1.807, 2.05) is 54.6 Å². The van der Waals surface area contributed by atoms with E-state index in [9.17, 15) is 14.4 Å². The number of esters is 1. The summed E-state index contributed by atoms with van der Waals surface area (Å²) in [6.45, 7) is 4.68. The quantitative estimate of drug-likeness (QED) is 0.252. The van der Waals surface area contributed by atoms with Crippen LogP contribution in [0.4, 0.5) is 0 Å². The van der Waals surface area contributed by atoms with Gasteiger partial charge in [0.15, 0.2) is 0 Å². The first-order valence-electron chi connectivity index (χ1n) is 13.9. The van der Waals surface area contributed by atoms with E-state index in [1.165, 1.54) is 0 Å². The molecule has 3 rings (SSSR count). The molecule has 0 saturated carbocycles. The normalized spacial score (nSPS) is 18.4. The fourth-order valence-electron chi connectivity index (χ4n) is 4.69. The minimum atomic E-state index is -0.959. The van der Waals surface area contributed by atoms with E-state index in [-0.39, 0.29) is 17.8 Å². The molecule has 1 atom stereocenters. The van der Waals surface area contributed by atoms with E-state index in [2.05, 4.69) is 6.92 Å². The third-order valence-electron chi connectivity index (χ3n) is 6.85. The van der Waals surface area contributed by atoms with Gasteiger partial charge in [0.2, 0.25) is 12.1 Å². The van der Waals surface area contributed by atoms with Gasteiger partial charge in [0, 0.05) is 44.1 Å². The summed E-state index contributed by atoms with van der Waals surface area (Å²) in [7, 11) is 1.76. The molecule has 204 valence electrons. The highest BCUT2D eigenvalue weighted by molar-refractivity contribution is 6.14. The molecule has 0 spiro atoms. The number of nitrogens with zero attached hydrogens (tertiary/aromatic N) is 3. The Hall–Kier alpha value is -3.48. The average molecular weight is 520 g/mol. The van der Waals surface area contributed by atoms with Crippen LogP contribution in [-0.2, 0) is 19.1 Å². The van der Waals surface area contributed by atoms with Crippen molar-refractivity contribution in [3.63, 3.8) is 0 Å². The topological polar surface area (TPSA) is 79.3 Å². The Kier molecular flexibility index (Phi) is 11.5. The molecule has 2 amide bonds. The van der Waals surface area contributed by atoms with Gasteiger partial charge in [-0.15, -0.1) is 0 Å². The lowest BCUT2D eigenvalue weighted by molar-refractivity contribution is -0.144. The van der Waals surface area contributed by atoms with Gasteiger partial charge in [-0.3, -0.25) is 14.4 Å². The maximum absolute atomic E-state index is 13.9. The van der Waals surface area contributed by atoms with Crippen LogP contribution in [0, 0.1) is 0 Å². The number of carbonyl (C=O) groups excluding carboxylic acids is 3. The number of hydrogen-bond donors (Lipinski definition) is 0. The van der Waals surface area contributed by atoms with Crippen molar-refractivity contribution in [2.45, 2.75) is 77.8 Å². The van der Waals surface area contributed by atoms with Gasteiger partial charge >= 0.3 is 5.97 Å². The number of fused-ring (bicyclic) bond motifs is 2. The highest BCUT2D eigenvalue weighted by atomic mass is 16.5. The van der Waals surface area contributed by atoms with Crippen molar-refractivity contribution in [2.75, 3.05) is 20.2 Å². The van der Waals surface area contributed by atoms with Crippen molar-refractivity contribution >= 4 is 23.5 Å². The average Bonchev–Trinajstić information content (AvgIpc) is 3.18. The molecule has 0 fully saturated rings. The molecule has 1 aromatic carbocycles. The molecule has 2 bridgehead atoms.